The molecule has 0 aliphatic carbocycles. The van der Waals surface area contributed by atoms with Gasteiger partial charge in [0.1, 0.15) is 0 Å². The molecular weight excluding hydrogens is 226 g/mol. The Bertz CT molecular complexity index is 358. The number of hydrogen-bond acceptors (Lipinski definition) is 4. The van der Waals surface area contributed by atoms with Crippen LogP contribution in [0.4, 0.5) is 0 Å². The highest BCUT2D eigenvalue weighted by Crippen LogP contribution is 2.29. The Morgan fingerprint density at radius 1 is 1.28 bits per heavy atom. The summed E-state index contributed by atoms with van der Waals surface area (Å²) in [4.78, 5) is 1.53. The van der Waals surface area contributed by atoms with Gasteiger partial charge in [-0.2, -0.15) is 4.80 Å². The van der Waals surface area contributed by atoms with Gasteiger partial charge in [-0.1, -0.05) is 34.6 Å². The summed E-state index contributed by atoms with van der Waals surface area (Å²) in [6.45, 7) is 13.3. The first-order valence-electron chi connectivity index (χ1n) is 6.77. The lowest BCUT2D eigenvalue weighted by atomic mass is 9.76. The van der Waals surface area contributed by atoms with Crippen molar-refractivity contribution in [3.8, 4) is 0 Å². The molecule has 18 heavy (non-hydrogen) atoms. The molecule has 104 valence electrons. The summed E-state index contributed by atoms with van der Waals surface area (Å²) >= 11 is 0. The second-order valence-electron chi connectivity index (χ2n) is 6.21. The minimum absolute atomic E-state index is 0.165. The summed E-state index contributed by atoms with van der Waals surface area (Å²) in [5.41, 5.74) is 0.165. The molecule has 0 saturated carbocycles. The fourth-order valence-corrected chi connectivity index (χ4v) is 1.87. The van der Waals surface area contributed by atoms with Crippen molar-refractivity contribution in [2.24, 2.45) is 24.3 Å². The van der Waals surface area contributed by atoms with Crippen molar-refractivity contribution in [1.29, 1.82) is 0 Å². The van der Waals surface area contributed by atoms with Crippen LogP contribution >= 0.6 is 0 Å². The van der Waals surface area contributed by atoms with Crippen LogP contribution in [0.3, 0.4) is 0 Å². The molecule has 1 rings (SSSR count). The van der Waals surface area contributed by atoms with Gasteiger partial charge in [0.2, 0.25) is 0 Å². The second kappa shape index (κ2) is 6.27. The number of aromatic nitrogens is 4. The van der Waals surface area contributed by atoms with E-state index in [2.05, 4.69) is 55.3 Å². The normalized spacial score (nSPS) is 15.3. The van der Waals surface area contributed by atoms with Gasteiger partial charge in [-0.25, -0.2) is 0 Å². The maximum absolute atomic E-state index is 4.29. The Balaban J connectivity index is 2.62. The van der Waals surface area contributed by atoms with E-state index in [1.54, 1.807) is 7.05 Å². The van der Waals surface area contributed by atoms with Gasteiger partial charge in [-0.15, -0.1) is 10.2 Å². The predicted molar refractivity (Wildman–Crippen MR) is 73.2 cm³/mol. The fourth-order valence-electron chi connectivity index (χ4n) is 1.87. The van der Waals surface area contributed by atoms with E-state index in [-0.39, 0.29) is 5.41 Å². The van der Waals surface area contributed by atoms with Gasteiger partial charge in [0.25, 0.3) is 0 Å². The Labute approximate surface area is 110 Å². The highest BCUT2D eigenvalue weighted by Gasteiger charge is 2.30. The van der Waals surface area contributed by atoms with Gasteiger partial charge >= 0.3 is 0 Å². The molecule has 1 heterocycles. The SMILES string of the molecule is CC(C)CNCC(C)(Cc1nnn(C)n1)C(C)C. The minimum atomic E-state index is 0.165. The topological polar surface area (TPSA) is 55.6 Å². The van der Waals surface area contributed by atoms with Gasteiger partial charge in [0.15, 0.2) is 5.82 Å². The molecule has 0 saturated heterocycles. The van der Waals surface area contributed by atoms with E-state index < -0.39 is 0 Å². The van der Waals surface area contributed by atoms with Crippen LogP contribution in [0.5, 0.6) is 0 Å². The van der Waals surface area contributed by atoms with Crippen LogP contribution in [0.25, 0.3) is 0 Å². The van der Waals surface area contributed by atoms with Gasteiger partial charge in [-0.05, 0) is 29.0 Å². The maximum atomic E-state index is 4.29. The molecule has 0 bridgehead atoms. The van der Waals surface area contributed by atoms with Crippen molar-refractivity contribution < 1.29 is 0 Å². The highest BCUT2D eigenvalue weighted by atomic mass is 15.6. The molecule has 5 heteroatoms. The van der Waals surface area contributed by atoms with Crippen molar-refractivity contribution >= 4 is 0 Å². The van der Waals surface area contributed by atoms with Gasteiger partial charge in [0.05, 0.1) is 7.05 Å². The van der Waals surface area contributed by atoms with E-state index in [0.717, 1.165) is 25.3 Å². The molecule has 0 spiro atoms. The van der Waals surface area contributed by atoms with E-state index in [4.69, 9.17) is 0 Å². The Morgan fingerprint density at radius 2 is 1.94 bits per heavy atom. The molecular formula is C13H27N5. The fraction of sp³-hybridized carbons (Fsp3) is 0.923. The third kappa shape index (κ3) is 4.37. The zero-order valence-corrected chi connectivity index (χ0v) is 12.6. The maximum Gasteiger partial charge on any atom is 0.175 e. The van der Waals surface area contributed by atoms with Crippen LogP contribution in [0.1, 0.15) is 40.4 Å². The first kappa shape index (κ1) is 15.1. The van der Waals surface area contributed by atoms with Gasteiger partial charge in [-0.3, -0.25) is 0 Å². The van der Waals surface area contributed by atoms with Crippen molar-refractivity contribution in [3.05, 3.63) is 5.82 Å². The third-order valence-corrected chi connectivity index (χ3v) is 3.59. The van der Waals surface area contributed by atoms with E-state index in [1.807, 2.05) is 0 Å². The lowest BCUT2D eigenvalue weighted by molar-refractivity contribution is 0.201. The van der Waals surface area contributed by atoms with Crippen molar-refractivity contribution in [3.63, 3.8) is 0 Å². The first-order chi connectivity index (χ1) is 8.33. The largest absolute Gasteiger partial charge is 0.316 e. The first-order valence-corrected chi connectivity index (χ1v) is 6.77. The number of rotatable bonds is 7. The standard InChI is InChI=1S/C13H27N5/c1-10(2)8-14-9-13(5,11(3)4)7-12-15-17-18(6)16-12/h10-11,14H,7-9H2,1-6H3. The molecule has 1 aromatic heterocycles. The Kier molecular flexibility index (Phi) is 5.26. The average molecular weight is 253 g/mol. The number of hydrogen-bond donors (Lipinski definition) is 1. The van der Waals surface area contributed by atoms with E-state index >= 15 is 0 Å². The lowest BCUT2D eigenvalue weighted by Crippen LogP contribution is -2.39. The molecule has 0 radical (unpaired) electrons. The molecule has 1 aromatic rings. The second-order valence-corrected chi connectivity index (χ2v) is 6.21. The summed E-state index contributed by atoms with van der Waals surface area (Å²) in [5, 5.41) is 15.8. The molecule has 0 aliphatic rings. The number of nitrogens with one attached hydrogen (secondary N) is 1. The van der Waals surface area contributed by atoms with Gasteiger partial charge in [0, 0.05) is 13.0 Å². The summed E-state index contributed by atoms with van der Waals surface area (Å²) in [7, 11) is 1.81. The summed E-state index contributed by atoms with van der Waals surface area (Å²) in [6, 6.07) is 0. The number of tetrazole rings is 1. The summed E-state index contributed by atoms with van der Waals surface area (Å²) in [6.07, 6.45) is 0.865. The molecule has 5 nitrogen and oxygen atoms in total. The van der Waals surface area contributed by atoms with E-state index in [9.17, 15) is 0 Å². The lowest BCUT2D eigenvalue weighted by Gasteiger charge is -2.33. The van der Waals surface area contributed by atoms with Crippen LogP contribution in [-0.2, 0) is 13.5 Å². The number of nitrogens with zero attached hydrogens (tertiary/aromatic N) is 4. The van der Waals surface area contributed by atoms with Crippen molar-refractivity contribution in [2.75, 3.05) is 13.1 Å². The minimum Gasteiger partial charge on any atom is -0.316 e. The molecule has 1 N–H and O–H groups in total. The monoisotopic (exact) mass is 253 g/mol. The zero-order chi connectivity index (χ0) is 13.8. The molecule has 1 unspecified atom stereocenters. The smallest absolute Gasteiger partial charge is 0.175 e. The predicted octanol–water partition coefficient (Wildman–Crippen LogP) is 1.66. The Morgan fingerprint density at radius 3 is 2.39 bits per heavy atom. The molecule has 0 fully saturated rings. The summed E-state index contributed by atoms with van der Waals surface area (Å²) < 4.78 is 0. The highest BCUT2D eigenvalue weighted by molar-refractivity contribution is 4.91. The quantitative estimate of drug-likeness (QED) is 0.803. The van der Waals surface area contributed by atoms with Crippen LogP contribution in [-0.4, -0.2) is 33.3 Å². The van der Waals surface area contributed by atoms with Crippen LogP contribution < -0.4 is 5.32 Å². The molecule has 0 aliphatic heterocycles. The van der Waals surface area contributed by atoms with Crippen LogP contribution in [0.2, 0.25) is 0 Å². The van der Waals surface area contributed by atoms with E-state index in [1.165, 1.54) is 4.80 Å². The van der Waals surface area contributed by atoms with E-state index in [0.29, 0.717) is 11.8 Å². The van der Waals surface area contributed by atoms with Crippen molar-refractivity contribution in [1.82, 2.24) is 25.5 Å². The van der Waals surface area contributed by atoms with Gasteiger partial charge < -0.3 is 5.32 Å². The molecule has 0 aromatic carbocycles. The number of aryl methyl sites for hydroxylation is 1. The third-order valence-electron chi connectivity index (χ3n) is 3.59. The van der Waals surface area contributed by atoms with Crippen LogP contribution in [0.15, 0.2) is 0 Å². The van der Waals surface area contributed by atoms with Crippen LogP contribution in [0, 0.1) is 17.3 Å². The average Bonchev–Trinajstić information content (AvgIpc) is 2.62. The molecule has 1 atom stereocenters. The molecule has 0 amide bonds. The summed E-state index contributed by atoms with van der Waals surface area (Å²) in [5.74, 6) is 2.08. The Hall–Kier alpha value is -0.970. The van der Waals surface area contributed by atoms with Crippen molar-refractivity contribution in [2.45, 2.75) is 41.0 Å². The zero-order valence-electron chi connectivity index (χ0n) is 12.6.